The highest BCUT2D eigenvalue weighted by atomic mass is 35.5. The molecule has 3 aromatic rings. The van der Waals surface area contributed by atoms with Gasteiger partial charge in [0.15, 0.2) is 5.16 Å². The number of hydrogen-bond donors (Lipinski definition) is 0. The lowest BCUT2D eigenvalue weighted by atomic mass is 10.0. The highest BCUT2D eigenvalue weighted by Crippen LogP contribution is 2.29. The van der Waals surface area contributed by atoms with Gasteiger partial charge in [0, 0.05) is 24.2 Å². The summed E-state index contributed by atoms with van der Waals surface area (Å²) < 4.78 is 2.24. The molecule has 1 saturated heterocycles. The standard InChI is InChI=1S/C26H30ClN3OS/c1-2-23-10-6-7-16-29(23)25(31)19-32-26-28-18-24(21-11-13-22(27)14-12-21)30(26)17-15-20-8-4-3-5-9-20/h3-5,8-9,11-14,18,23H,2,6-7,10,15-17,19H2,1H3. The fourth-order valence-electron chi connectivity index (χ4n) is 4.39. The molecule has 2 heterocycles. The van der Waals surface area contributed by atoms with Crippen LogP contribution in [-0.2, 0) is 17.8 Å². The SMILES string of the molecule is CCC1CCCCN1C(=O)CSc1ncc(-c2ccc(Cl)cc2)n1CCc1ccccc1. The molecule has 1 aromatic heterocycles. The Labute approximate surface area is 200 Å². The molecule has 1 amide bonds. The number of piperidine rings is 1. The maximum Gasteiger partial charge on any atom is 0.233 e. The molecule has 0 N–H and O–H groups in total. The zero-order valence-electron chi connectivity index (χ0n) is 18.5. The summed E-state index contributed by atoms with van der Waals surface area (Å²) in [4.78, 5) is 19.8. The molecule has 4 rings (SSSR count). The molecule has 1 fully saturated rings. The molecule has 1 atom stereocenters. The van der Waals surface area contributed by atoms with Crippen LogP contribution in [0.25, 0.3) is 11.3 Å². The van der Waals surface area contributed by atoms with Crippen molar-refractivity contribution in [3.05, 3.63) is 71.4 Å². The van der Waals surface area contributed by atoms with Crippen LogP contribution in [0, 0.1) is 0 Å². The zero-order chi connectivity index (χ0) is 22.3. The number of carbonyl (C=O) groups is 1. The molecule has 1 unspecified atom stereocenters. The first kappa shape index (κ1) is 22.9. The molecule has 0 spiro atoms. The van der Waals surface area contributed by atoms with Crippen molar-refractivity contribution in [3.63, 3.8) is 0 Å². The smallest absolute Gasteiger partial charge is 0.233 e. The van der Waals surface area contributed by atoms with E-state index >= 15 is 0 Å². The minimum absolute atomic E-state index is 0.229. The van der Waals surface area contributed by atoms with Crippen molar-refractivity contribution >= 4 is 29.3 Å². The molecule has 2 aromatic carbocycles. The van der Waals surface area contributed by atoms with E-state index in [-0.39, 0.29) is 5.91 Å². The van der Waals surface area contributed by atoms with Gasteiger partial charge in [0.2, 0.25) is 5.91 Å². The average Bonchev–Trinajstić information content (AvgIpc) is 3.25. The summed E-state index contributed by atoms with van der Waals surface area (Å²) in [5, 5.41) is 1.61. The van der Waals surface area contributed by atoms with Crippen LogP contribution in [0.2, 0.25) is 5.02 Å². The van der Waals surface area contributed by atoms with Crippen molar-refractivity contribution in [2.75, 3.05) is 12.3 Å². The third-order valence-electron chi connectivity index (χ3n) is 6.17. The summed E-state index contributed by atoms with van der Waals surface area (Å²) in [5.74, 6) is 0.658. The predicted molar refractivity (Wildman–Crippen MR) is 133 cm³/mol. The van der Waals surface area contributed by atoms with Crippen molar-refractivity contribution in [2.24, 2.45) is 0 Å². The van der Waals surface area contributed by atoms with Crippen LogP contribution in [0.5, 0.6) is 0 Å². The topological polar surface area (TPSA) is 38.1 Å². The van der Waals surface area contributed by atoms with Gasteiger partial charge in [-0.05, 0) is 55.4 Å². The third kappa shape index (κ3) is 5.57. The van der Waals surface area contributed by atoms with E-state index in [0.717, 1.165) is 60.2 Å². The van der Waals surface area contributed by atoms with E-state index in [4.69, 9.17) is 16.6 Å². The summed E-state index contributed by atoms with van der Waals surface area (Å²) in [7, 11) is 0. The zero-order valence-corrected chi connectivity index (χ0v) is 20.1. The van der Waals surface area contributed by atoms with Gasteiger partial charge in [0.05, 0.1) is 17.6 Å². The van der Waals surface area contributed by atoms with Crippen LogP contribution in [0.4, 0.5) is 0 Å². The number of halogens is 1. The van der Waals surface area contributed by atoms with E-state index in [9.17, 15) is 4.79 Å². The number of rotatable bonds is 8. The lowest BCUT2D eigenvalue weighted by molar-refractivity contribution is -0.132. The van der Waals surface area contributed by atoms with Gasteiger partial charge in [-0.3, -0.25) is 4.79 Å². The molecule has 0 radical (unpaired) electrons. The van der Waals surface area contributed by atoms with Gasteiger partial charge in [0.25, 0.3) is 0 Å². The van der Waals surface area contributed by atoms with E-state index < -0.39 is 0 Å². The van der Waals surface area contributed by atoms with Crippen molar-refractivity contribution in [1.82, 2.24) is 14.5 Å². The molecule has 168 valence electrons. The minimum atomic E-state index is 0.229. The van der Waals surface area contributed by atoms with Crippen LogP contribution in [-0.4, -0.2) is 38.7 Å². The Bertz CT molecular complexity index is 1020. The van der Waals surface area contributed by atoms with E-state index in [1.54, 1.807) is 11.8 Å². The van der Waals surface area contributed by atoms with Gasteiger partial charge in [-0.25, -0.2) is 4.98 Å². The quantitative estimate of drug-likeness (QED) is 0.363. The predicted octanol–water partition coefficient (Wildman–Crippen LogP) is 6.33. The summed E-state index contributed by atoms with van der Waals surface area (Å²) >= 11 is 7.65. The number of thioether (sulfide) groups is 1. The van der Waals surface area contributed by atoms with Gasteiger partial charge in [-0.1, -0.05) is 72.8 Å². The summed E-state index contributed by atoms with van der Waals surface area (Å²) in [5.41, 5.74) is 3.42. The van der Waals surface area contributed by atoms with Crippen LogP contribution < -0.4 is 0 Å². The number of carbonyl (C=O) groups excluding carboxylic acids is 1. The summed E-state index contributed by atoms with van der Waals surface area (Å²) in [6.45, 7) is 3.87. The van der Waals surface area contributed by atoms with E-state index in [0.29, 0.717) is 11.8 Å². The van der Waals surface area contributed by atoms with Gasteiger partial charge < -0.3 is 9.47 Å². The largest absolute Gasteiger partial charge is 0.339 e. The monoisotopic (exact) mass is 467 g/mol. The van der Waals surface area contributed by atoms with Crippen molar-refractivity contribution in [3.8, 4) is 11.3 Å². The maximum absolute atomic E-state index is 13.0. The van der Waals surface area contributed by atoms with Crippen molar-refractivity contribution < 1.29 is 4.79 Å². The van der Waals surface area contributed by atoms with E-state index in [1.807, 2.05) is 36.5 Å². The molecule has 0 bridgehead atoms. The Morgan fingerprint density at radius 2 is 1.91 bits per heavy atom. The first-order chi connectivity index (χ1) is 15.7. The highest BCUT2D eigenvalue weighted by molar-refractivity contribution is 7.99. The normalized spacial score (nSPS) is 16.3. The molecule has 1 aliphatic rings. The van der Waals surface area contributed by atoms with E-state index in [1.165, 1.54) is 12.0 Å². The summed E-state index contributed by atoms with van der Waals surface area (Å²) in [6, 6.07) is 18.7. The number of benzene rings is 2. The summed E-state index contributed by atoms with van der Waals surface area (Å²) in [6.07, 6.45) is 7.31. The maximum atomic E-state index is 13.0. The van der Waals surface area contributed by atoms with E-state index in [2.05, 4.69) is 40.7 Å². The average molecular weight is 468 g/mol. The second kappa shape index (κ2) is 11.1. The molecule has 0 saturated carbocycles. The molecule has 0 aliphatic carbocycles. The van der Waals surface area contributed by atoms with Gasteiger partial charge in [-0.2, -0.15) is 0 Å². The first-order valence-corrected chi connectivity index (χ1v) is 12.8. The molecule has 6 heteroatoms. The lowest BCUT2D eigenvalue weighted by Gasteiger charge is -2.35. The van der Waals surface area contributed by atoms with Crippen molar-refractivity contribution in [1.29, 1.82) is 0 Å². The molecule has 1 aliphatic heterocycles. The second-order valence-corrected chi connectivity index (χ2v) is 9.63. The van der Waals surface area contributed by atoms with Gasteiger partial charge in [0.1, 0.15) is 0 Å². The Morgan fingerprint density at radius 3 is 2.66 bits per heavy atom. The second-order valence-electron chi connectivity index (χ2n) is 8.25. The molecular formula is C26H30ClN3OS. The Hall–Kier alpha value is -2.24. The molecular weight excluding hydrogens is 438 g/mol. The van der Waals surface area contributed by atoms with Crippen LogP contribution in [0.3, 0.4) is 0 Å². The molecule has 4 nitrogen and oxygen atoms in total. The Kier molecular flexibility index (Phi) is 7.93. The fraction of sp³-hybridized carbons (Fsp3) is 0.385. The first-order valence-electron chi connectivity index (χ1n) is 11.4. The van der Waals surface area contributed by atoms with Crippen LogP contribution >= 0.6 is 23.4 Å². The number of hydrogen-bond acceptors (Lipinski definition) is 3. The number of imidazole rings is 1. The number of likely N-dealkylation sites (tertiary alicyclic amines) is 1. The van der Waals surface area contributed by atoms with Crippen molar-refractivity contribution in [2.45, 2.75) is 56.8 Å². The van der Waals surface area contributed by atoms with Gasteiger partial charge >= 0.3 is 0 Å². The number of aryl methyl sites for hydroxylation is 1. The highest BCUT2D eigenvalue weighted by Gasteiger charge is 2.25. The minimum Gasteiger partial charge on any atom is -0.339 e. The Morgan fingerprint density at radius 1 is 1.12 bits per heavy atom. The Balaban J connectivity index is 1.52. The number of amides is 1. The number of aromatic nitrogens is 2. The fourth-order valence-corrected chi connectivity index (χ4v) is 5.41. The number of nitrogens with zero attached hydrogens (tertiary/aromatic N) is 3. The van der Waals surface area contributed by atoms with Crippen LogP contribution in [0.1, 0.15) is 38.2 Å². The third-order valence-corrected chi connectivity index (χ3v) is 7.40. The lowest BCUT2D eigenvalue weighted by Crippen LogP contribution is -2.44. The van der Waals surface area contributed by atoms with Gasteiger partial charge in [-0.15, -0.1) is 0 Å². The molecule has 32 heavy (non-hydrogen) atoms. The van der Waals surface area contributed by atoms with Crippen LogP contribution in [0.15, 0.2) is 66.0 Å².